The molecule has 110 valence electrons. The van der Waals surface area contributed by atoms with E-state index in [2.05, 4.69) is 5.32 Å². The molecular weight excluding hydrogens is 305 g/mol. The summed E-state index contributed by atoms with van der Waals surface area (Å²) in [6.07, 6.45) is 2.34. The molecule has 0 aliphatic rings. The molecule has 0 fully saturated rings. The maximum absolute atomic E-state index is 13.4. The maximum atomic E-state index is 13.4. The summed E-state index contributed by atoms with van der Waals surface area (Å²) in [6.45, 7) is 0. The third-order valence-corrected chi connectivity index (χ3v) is 4.55. The van der Waals surface area contributed by atoms with E-state index in [0.717, 1.165) is 10.6 Å². The first-order valence-corrected chi connectivity index (χ1v) is 8.71. The van der Waals surface area contributed by atoms with Gasteiger partial charge in [-0.05, 0) is 36.6 Å². The average molecular weight is 321 g/mol. The summed E-state index contributed by atoms with van der Waals surface area (Å²) in [6, 6.07) is 14.3. The molecular formula is C16H16FNOS2. The molecule has 2 aromatic carbocycles. The van der Waals surface area contributed by atoms with Crippen LogP contribution < -0.4 is 5.32 Å². The predicted octanol–water partition coefficient (Wildman–Crippen LogP) is 4.67. The van der Waals surface area contributed by atoms with Gasteiger partial charge in [-0.25, -0.2) is 4.39 Å². The van der Waals surface area contributed by atoms with Gasteiger partial charge in [-0.3, -0.25) is 4.79 Å². The molecule has 2 rings (SSSR count). The molecule has 0 saturated heterocycles. The zero-order valence-electron chi connectivity index (χ0n) is 11.6. The average Bonchev–Trinajstić information content (AvgIpc) is 2.49. The Balaban J connectivity index is 1.81. The van der Waals surface area contributed by atoms with Gasteiger partial charge in [-0.15, -0.1) is 23.5 Å². The molecule has 0 aliphatic carbocycles. The van der Waals surface area contributed by atoms with Crippen LogP contribution in [0.4, 0.5) is 10.1 Å². The second-order valence-corrected chi connectivity index (χ2v) is 6.33. The SMILES string of the molecule is CSc1cccc(NC(=O)CCSc2ccccc2F)c1. The molecule has 1 amide bonds. The number of carbonyl (C=O) groups excluding carboxylic acids is 1. The standard InChI is InChI=1S/C16H16FNOS2/c1-20-13-6-4-5-12(11-13)18-16(19)9-10-21-15-8-3-2-7-14(15)17/h2-8,11H,9-10H2,1H3,(H,18,19). The van der Waals surface area contributed by atoms with E-state index in [0.29, 0.717) is 17.1 Å². The van der Waals surface area contributed by atoms with Crippen LogP contribution in [0.5, 0.6) is 0 Å². The Morgan fingerprint density at radius 1 is 1.19 bits per heavy atom. The lowest BCUT2D eigenvalue weighted by Gasteiger charge is -2.07. The first-order chi connectivity index (χ1) is 10.2. The Morgan fingerprint density at radius 2 is 2.00 bits per heavy atom. The van der Waals surface area contributed by atoms with Crippen molar-refractivity contribution >= 4 is 35.1 Å². The monoisotopic (exact) mass is 321 g/mol. The van der Waals surface area contributed by atoms with Crippen molar-refractivity contribution in [1.29, 1.82) is 0 Å². The number of amides is 1. The molecule has 0 aliphatic heterocycles. The van der Waals surface area contributed by atoms with Crippen molar-refractivity contribution in [2.45, 2.75) is 16.2 Å². The van der Waals surface area contributed by atoms with Gasteiger partial charge in [0.05, 0.1) is 0 Å². The highest BCUT2D eigenvalue weighted by molar-refractivity contribution is 7.99. The number of thioether (sulfide) groups is 2. The summed E-state index contributed by atoms with van der Waals surface area (Å²) >= 11 is 2.98. The van der Waals surface area contributed by atoms with Crippen LogP contribution in [-0.4, -0.2) is 17.9 Å². The maximum Gasteiger partial charge on any atom is 0.225 e. The number of benzene rings is 2. The Hall–Kier alpha value is -1.46. The number of carbonyl (C=O) groups is 1. The molecule has 1 N–H and O–H groups in total. The van der Waals surface area contributed by atoms with Gasteiger partial charge in [0.2, 0.25) is 5.91 Å². The summed E-state index contributed by atoms with van der Waals surface area (Å²) in [7, 11) is 0. The molecule has 2 nitrogen and oxygen atoms in total. The molecule has 21 heavy (non-hydrogen) atoms. The van der Waals surface area contributed by atoms with E-state index < -0.39 is 0 Å². The number of halogens is 1. The van der Waals surface area contributed by atoms with Gasteiger partial charge in [-0.2, -0.15) is 0 Å². The van der Waals surface area contributed by atoms with Gasteiger partial charge in [-0.1, -0.05) is 18.2 Å². The Morgan fingerprint density at radius 3 is 2.76 bits per heavy atom. The molecule has 0 atom stereocenters. The highest BCUT2D eigenvalue weighted by Crippen LogP contribution is 2.22. The van der Waals surface area contributed by atoms with Crippen LogP contribution >= 0.6 is 23.5 Å². The fraction of sp³-hybridized carbons (Fsp3) is 0.188. The lowest BCUT2D eigenvalue weighted by atomic mass is 10.3. The first-order valence-electron chi connectivity index (χ1n) is 6.50. The minimum atomic E-state index is -0.240. The predicted molar refractivity (Wildman–Crippen MR) is 88.6 cm³/mol. The van der Waals surface area contributed by atoms with E-state index >= 15 is 0 Å². The van der Waals surface area contributed by atoms with E-state index in [4.69, 9.17) is 0 Å². The lowest BCUT2D eigenvalue weighted by molar-refractivity contribution is -0.115. The van der Waals surface area contributed by atoms with Crippen LogP contribution in [0.2, 0.25) is 0 Å². The molecule has 0 heterocycles. The molecule has 0 aromatic heterocycles. The number of anilines is 1. The fourth-order valence-electron chi connectivity index (χ4n) is 1.74. The molecule has 0 unspecified atom stereocenters. The third kappa shape index (κ3) is 5.10. The van der Waals surface area contributed by atoms with Gasteiger partial charge in [0, 0.05) is 27.7 Å². The van der Waals surface area contributed by atoms with Gasteiger partial charge >= 0.3 is 0 Å². The first kappa shape index (κ1) is 15.9. The number of hydrogen-bond donors (Lipinski definition) is 1. The van der Waals surface area contributed by atoms with Crippen LogP contribution in [0.25, 0.3) is 0 Å². The molecule has 0 radical (unpaired) electrons. The van der Waals surface area contributed by atoms with Crippen molar-refractivity contribution in [3.63, 3.8) is 0 Å². The summed E-state index contributed by atoms with van der Waals surface area (Å²) in [5.74, 6) is 0.252. The minimum absolute atomic E-state index is 0.0582. The fourth-order valence-corrected chi connectivity index (χ4v) is 3.09. The number of hydrogen-bond acceptors (Lipinski definition) is 3. The van der Waals surface area contributed by atoms with Crippen molar-refractivity contribution in [3.05, 3.63) is 54.3 Å². The van der Waals surface area contributed by atoms with Crippen LogP contribution in [0.3, 0.4) is 0 Å². The van der Waals surface area contributed by atoms with Crippen molar-refractivity contribution in [1.82, 2.24) is 0 Å². The van der Waals surface area contributed by atoms with Crippen molar-refractivity contribution < 1.29 is 9.18 Å². The topological polar surface area (TPSA) is 29.1 Å². The molecule has 0 saturated carbocycles. The van der Waals surface area contributed by atoms with E-state index in [9.17, 15) is 9.18 Å². The number of rotatable bonds is 6. The Labute approximate surface area is 132 Å². The molecule has 0 bridgehead atoms. The zero-order valence-corrected chi connectivity index (χ0v) is 13.3. The van der Waals surface area contributed by atoms with Gasteiger partial charge < -0.3 is 5.32 Å². The Bertz CT molecular complexity index is 619. The van der Waals surface area contributed by atoms with Crippen LogP contribution in [0, 0.1) is 5.82 Å². The smallest absolute Gasteiger partial charge is 0.225 e. The van der Waals surface area contributed by atoms with Crippen LogP contribution in [0.15, 0.2) is 58.3 Å². The van der Waals surface area contributed by atoms with Gasteiger partial charge in [0.25, 0.3) is 0 Å². The molecule has 0 spiro atoms. The minimum Gasteiger partial charge on any atom is -0.326 e. The summed E-state index contributed by atoms with van der Waals surface area (Å²) in [4.78, 5) is 13.5. The number of nitrogens with one attached hydrogen (secondary N) is 1. The summed E-state index contributed by atoms with van der Waals surface area (Å²) in [5, 5.41) is 2.86. The largest absolute Gasteiger partial charge is 0.326 e. The van der Waals surface area contributed by atoms with Crippen molar-refractivity contribution in [3.8, 4) is 0 Å². The van der Waals surface area contributed by atoms with Crippen molar-refractivity contribution in [2.75, 3.05) is 17.3 Å². The van der Waals surface area contributed by atoms with Crippen molar-refractivity contribution in [2.24, 2.45) is 0 Å². The van der Waals surface area contributed by atoms with E-state index in [1.165, 1.54) is 17.8 Å². The van der Waals surface area contributed by atoms with E-state index in [1.807, 2.05) is 30.5 Å². The van der Waals surface area contributed by atoms with Gasteiger partial charge in [0.1, 0.15) is 5.82 Å². The van der Waals surface area contributed by atoms with Gasteiger partial charge in [0.15, 0.2) is 0 Å². The van der Waals surface area contributed by atoms with E-state index in [-0.39, 0.29) is 11.7 Å². The highest BCUT2D eigenvalue weighted by atomic mass is 32.2. The lowest BCUT2D eigenvalue weighted by Crippen LogP contribution is -2.12. The second kappa shape index (κ2) is 8.10. The zero-order chi connectivity index (χ0) is 15.1. The molecule has 5 heteroatoms. The molecule has 2 aromatic rings. The quantitative estimate of drug-likeness (QED) is 0.784. The third-order valence-electron chi connectivity index (χ3n) is 2.78. The van der Waals surface area contributed by atoms with Crippen LogP contribution in [0.1, 0.15) is 6.42 Å². The highest BCUT2D eigenvalue weighted by Gasteiger charge is 2.05. The normalized spacial score (nSPS) is 10.4. The van der Waals surface area contributed by atoms with Crippen LogP contribution in [-0.2, 0) is 4.79 Å². The second-order valence-electron chi connectivity index (χ2n) is 4.31. The summed E-state index contributed by atoms with van der Waals surface area (Å²) < 4.78 is 13.4. The Kier molecular flexibility index (Phi) is 6.14. The van der Waals surface area contributed by atoms with E-state index in [1.54, 1.807) is 30.0 Å². The summed E-state index contributed by atoms with van der Waals surface area (Å²) in [5.41, 5.74) is 0.794.